The van der Waals surface area contributed by atoms with E-state index in [1.807, 2.05) is 18.2 Å². The van der Waals surface area contributed by atoms with E-state index in [-0.39, 0.29) is 30.8 Å². The number of carbonyl (C=O) groups is 2. The lowest BCUT2D eigenvalue weighted by Crippen LogP contribution is -2.28. The zero-order valence-electron chi connectivity index (χ0n) is 33.6. The van der Waals surface area contributed by atoms with E-state index < -0.39 is 37.0 Å². The zero-order valence-corrected chi connectivity index (χ0v) is 33.6. The third-order valence-electron chi connectivity index (χ3n) is 10.9. The van der Waals surface area contributed by atoms with Gasteiger partial charge >= 0.3 is 11.9 Å². The predicted octanol–water partition coefficient (Wildman–Crippen LogP) is 9.69. The maximum atomic E-state index is 12.3. The fraction of sp³-hybridized carbons (Fsp3) is 0.864. The van der Waals surface area contributed by atoms with E-state index in [0.29, 0.717) is 38.5 Å². The zero-order chi connectivity index (χ0) is 38.2. The highest BCUT2D eigenvalue weighted by Gasteiger charge is 2.39. The van der Waals surface area contributed by atoms with Crippen molar-refractivity contribution in [2.75, 3.05) is 13.2 Å². The Bertz CT molecular complexity index is 920. The minimum absolute atomic E-state index is 0.123. The first-order valence-electron chi connectivity index (χ1n) is 21.5. The molecule has 0 aromatic rings. The molecule has 0 aliphatic heterocycles. The molecule has 8 heteroatoms. The first-order chi connectivity index (χ1) is 25.2. The van der Waals surface area contributed by atoms with Crippen LogP contribution in [-0.2, 0) is 19.1 Å². The third-order valence-corrected chi connectivity index (χ3v) is 10.9. The second kappa shape index (κ2) is 32.7. The number of aliphatic hydroxyl groups is 4. The quantitative estimate of drug-likeness (QED) is 0.0292. The van der Waals surface area contributed by atoms with Gasteiger partial charge in [0.1, 0.15) is 6.61 Å². The van der Waals surface area contributed by atoms with Crippen LogP contribution in [0.25, 0.3) is 0 Å². The lowest BCUT2D eigenvalue weighted by molar-refractivity contribution is -0.161. The molecule has 0 spiro atoms. The Balaban J connectivity index is 2.07. The van der Waals surface area contributed by atoms with E-state index in [4.69, 9.17) is 9.47 Å². The molecule has 304 valence electrons. The second-order valence-electron chi connectivity index (χ2n) is 15.6. The molecule has 0 bridgehead atoms. The van der Waals surface area contributed by atoms with Gasteiger partial charge in [-0.3, -0.25) is 9.59 Å². The summed E-state index contributed by atoms with van der Waals surface area (Å²) in [7, 11) is 0. The number of allylic oxidation sites excluding steroid dienone is 2. The highest BCUT2D eigenvalue weighted by Crippen LogP contribution is 2.36. The first kappa shape index (κ1) is 48.3. The summed E-state index contributed by atoms with van der Waals surface area (Å²) >= 11 is 0. The van der Waals surface area contributed by atoms with Crippen LogP contribution in [0.2, 0.25) is 0 Å². The van der Waals surface area contributed by atoms with Gasteiger partial charge < -0.3 is 29.9 Å². The van der Waals surface area contributed by atoms with Crippen LogP contribution in [0.15, 0.2) is 24.3 Å². The van der Waals surface area contributed by atoms with Gasteiger partial charge in [-0.25, -0.2) is 0 Å². The van der Waals surface area contributed by atoms with Gasteiger partial charge in [0.25, 0.3) is 0 Å². The highest BCUT2D eigenvalue weighted by molar-refractivity contribution is 5.70. The van der Waals surface area contributed by atoms with Crippen molar-refractivity contribution < 1.29 is 39.5 Å². The normalized spacial score (nSPS) is 20.8. The summed E-state index contributed by atoms with van der Waals surface area (Å²) in [5.74, 6) is -0.205. The van der Waals surface area contributed by atoms with Crippen LogP contribution < -0.4 is 0 Å². The van der Waals surface area contributed by atoms with Crippen molar-refractivity contribution in [2.24, 2.45) is 17.8 Å². The smallest absolute Gasteiger partial charge is 0.306 e. The minimum Gasteiger partial charge on any atom is -0.462 e. The summed E-state index contributed by atoms with van der Waals surface area (Å²) in [6.45, 7) is 6.23. The summed E-state index contributed by atoms with van der Waals surface area (Å²) in [5.41, 5.74) is 0. The van der Waals surface area contributed by atoms with E-state index in [1.54, 1.807) is 6.08 Å². The molecule has 1 rings (SSSR count). The van der Waals surface area contributed by atoms with Gasteiger partial charge in [0.2, 0.25) is 0 Å². The van der Waals surface area contributed by atoms with Crippen molar-refractivity contribution in [1.82, 2.24) is 0 Å². The molecule has 1 unspecified atom stereocenters. The van der Waals surface area contributed by atoms with Crippen LogP contribution in [0.3, 0.4) is 0 Å². The molecule has 7 atom stereocenters. The Hall–Kier alpha value is -1.74. The SMILES string of the molecule is CCCCC[C@H](O)/C=C/[C@@H]1[C@@H](C/C=C/CCCC(=O)O[C@@H](CO)COC(=O)CCCCCCCCCCCCCCCCC(C)CC)[C@@H](O)C[C@H]1O. The van der Waals surface area contributed by atoms with Gasteiger partial charge in [-0.2, -0.15) is 0 Å². The molecule has 0 saturated heterocycles. The van der Waals surface area contributed by atoms with Crippen molar-refractivity contribution in [3.63, 3.8) is 0 Å². The first-order valence-corrected chi connectivity index (χ1v) is 21.5. The third kappa shape index (κ3) is 25.3. The van der Waals surface area contributed by atoms with Crippen LogP contribution >= 0.6 is 0 Å². The van der Waals surface area contributed by atoms with Crippen LogP contribution in [0.1, 0.15) is 188 Å². The largest absolute Gasteiger partial charge is 0.462 e. The molecular weight excluding hydrogens is 656 g/mol. The molecule has 0 aromatic heterocycles. The maximum Gasteiger partial charge on any atom is 0.306 e. The number of carbonyl (C=O) groups excluding carboxylic acids is 2. The monoisotopic (exact) mass is 737 g/mol. The molecular formula is C44H80O8. The summed E-state index contributed by atoms with van der Waals surface area (Å²) in [6.07, 6.45) is 31.9. The lowest BCUT2D eigenvalue weighted by Gasteiger charge is -2.19. The lowest BCUT2D eigenvalue weighted by atomic mass is 9.89. The maximum absolute atomic E-state index is 12.3. The molecule has 0 heterocycles. The molecule has 1 saturated carbocycles. The minimum atomic E-state index is -0.864. The van der Waals surface area contributed by atoms with E-state index in [0.717, 1.165) is 44.4 Å². The fourth-order valence-corrected chi connectivity index (χ4v) is 7.11. The van der Waals surface area contributed by atoms with Crippen molar-refractivity contribution in [1.29, 1.82) is 0 Å². The van der Waals surface area contributed by atoms with E-state index in [2.05, 4.69) is 20.8 Å². The molecule has 52 heavy (non-hydrogen) atoms. The molecule has 1 aliphatic rings. The molecule has 1 aliphatic carbocycles. The molecule has 0 amide bonds. The van der Waals surface area contributed by atoms with Crippen LogP contribution in [0, 0.1) is 17.8 Å². The Morgan fingerprint density at radius 2 is 1.31 bits per heavy atom. The highest BCUT2D eigenvalue weighted by atomic mass is 16.6. The van der Waals surface area contributed by atoms with Crippen molar-refractivity contribution in [3.05, 3.63) is 24.3 Å². The molecule has 4 N–H and O–H groups in total. The van der Waals surface area contributed by atoms with E-state index >= 15 is 0 Å². The standard InChI is InChI=1S/C44H80O8/c1-4-6-21-27-37(46)31-32-40-39(41(47)33-42(40)48)28-23-19-20-25-30-44(50)52-38(34-45)35-51-43(49)29-24-18-16-14-12-10-8-7-9-11-13-15-17-22-26-36(3)5-2/h19,23,31-32,36-42,45-48H,4-18,20-22,24-30,33-35H2,1-3H3/b23-19+,32-31+/t36?,37-,38-,39+,40+,41-,42+/m0/s1. The Morgan fingerprint density at radius 1 is 0.731 bits per heavy atom. The van der Waals surface area contributed by atoms with Gasteiger partial charge in [0.05, 0.1) is 24.9 Å². The van der Waals surface area contributed by atoms with Crippen molar-refractivity contribution in [3.8, 4) is 0 Å². The van der Waals surface area contributed by atoms with Crippen LogP contribution in [0.5, 0.6) is 0 Å². The van der Waals surface area contributed by atoms with E-state index in [1.165, 1.54) is 83.5 Å². The molecule has 8 nitrogen and oxygen atoms in total. The summed E-state index contributed by atoms with van der Waals surface area (Å²) < 4.78 is 10.6. The van der Waals surface area contributed by atoms with Crippen molar-refractivity contribution >= 4 is 11.9 Å². The fourth-order valence-electron chi connectivity index (χ4n) is 7.11. The predicted molar refractivity (Wildman–Crippen MR) is 212 cm³/mol. The Labute approximate surface area is 318 Å². The number of hydrogen-bond donors (Lipinski definition) is 4. The topological polar surface area (TPSA) is 134 Å². The van der Waals surface area contributed by atoms with Crippen LogP contribution in [-0.4, -0.2) is 70.0 Å². The number of hydrogen-bond acceptors (Lipinski definition) is 8. The van der Waals surface area contributed by atoms with Gasteiger partial charge in [-0.1, -0.05) is 161 Å². The van der Waals surface area contributed by atoms with Gasteiger partial charge in [0, 0.05) is 25.2 Å². The summed E-state index contributed by atoms with van der Waals surface area (Å²) in [6, 6.07) is 0. The number of rotatable bonds is 34. The second-order valence-corrected chi connectivity index (χ2v) is 15.6. The number of ether oxygens (including phenoxy) is 2. The molecule has 0 aromatic carbocycles. The molecule has 1 fully saturated rings. The molecule has 0 radical (unpaired) electrons. The number of esters is 2. The van der Waals surface area contributed by atoms with Gasteiger partial charge in [-0.05, 0) is 43.9 Å². The number of aliphatic hydroxyl groups excluding tert-OH is 4. The number of unbranched alkanes of at least 4 members (excludes halogenated alkanes) is 16. The van der Waals surface area contributed by atoms with E-state index in [9.17, 15) is 30.0 Å². The summed E-state index contributed by atoms with van der Waals surface area (Å²) in [5, 5.41) is 40.7. The Morgan fingerprint density at radius 3 is 1.90 bits per heavy atom. The van der Waals surface area contributed by atoms with Crippen molar-refractivity contribution in [2.45, 2.75) is 212 Å². The van der Waals surface area contributed by atoms with Gasteiger partial charge in [-0.15, -0.1) is 0 Å². The average molecular weight is 737 g/mol. The summed E-state index contributed by atoms with van der Waals surface area (Å²) in [4.78, 5) is 24.5. The average Bonchev–Trinajstić information content (AvgIpc) is 3.40. The van der Waals surface area contributed by atoms with Gasteiger partial charge in [0.15, 0.2) is 6.10 Å². The van der Waals surface area contributed by atoms with Crippen LogP contribution in [0.4, 0.5) is 0 Å². The Kier molecular flexibility index (Phi) is 30.3.